The van der Waals surface area contributed by atoms with Crippen LogP contribution in [0.15, 0.2) is 0 Å². The van der Waals surface area contributed by atoms with Crippen molar-refractivity contribution in [1.29, 1.82) is 0 Å². The molecule has 15 atom stereocenters. The molecule has 11 rings (SSSR count). The van der Waals surface area contributed by atoms with E-state index in [1.54, 1.807) is 57.8 Å². The van der Waals surface area contributed by atoms with Gasteiger partial charge >= 0.3 is 0 Å². The fourth-order valence-electron chi connectivity index (χ4n) is 17.4. The van der Waals surface area contributed by atoms with E-state index in [4.69, 9.17) is 4.74 Å². The van der Waals surface area contributed by atoms with Crippen LogP contribution < -0.4 is 0 Å². The van der Waals surface area contributed by atoms with Gasteiger partial charge in [0.2, 0.25) is 0 Å². The lowest BCUT2D eigenvalue weighted by Crippen LogP contribution is -2.61. The molecule has 0 bridgehead atoms. The summed E-state index contributed by atoms with van der Waals surface area (Å²) in [5.41, 5.74) is 0. The zero-order valence-corrected chi connectivity index (χ0v) is 34.8. The molecule has 292 valence electrons. The average molecular weight is 748 g/mol. The standard InChI is InChI=1S/C48H77NOS2/c1-3-12-30(13-4-1)31-24-26-33(27-25-31)49(40-21-10-19-36-35-18-9-17-34(45(35)50-46(36)40)32-14-5-2-6-15-32)41-22-11-20-37-38-28-29-43-44(48(38)52-47(37)41)39-16-7-8-23-42(39)51-43/h30-48H,1-29H2. The van der Waals surface area contributed by atoms with Crippen LogP contribution >= 0.6 is 23.5 Å². The number of nitrogens with zero attached hydrogens (tertiary/aromatic N) is 1. The summed E-state index contributed by atoms with van der Waals surface area (Å²) in [6.45, 7) is 0. The lowest BCUT2D eigenvalue weighted by molar-refractivity contribution is -0.101. The predicted octanol–water partition coefficient (Wildman–Crippen LogP) is 12.7. The highest BCUT2D eigenvalue weighted by molar-refractivity contribution is 8.02. The van der Waals surface area contributed by atoms with E-state index in [1.165, 1.54) is 128 Å². The lowest BCUT2D eigenvalue weighted by atomic mass is 9.64. The molecular weight excluding hydrogens is 671 g/mol. The minimum Gasteiger partial charge on any atom is -0.372 e. The van der Waals surface area contributed by atoms with Crippen molar-refractivity contribution in [3.8, 4) is 0 Å². The summed E-state index contributed by atoms with van der Waals surface area (Å²) in [5, 5.41) is 3.96. The van der Waals surface area contributed by atoms with E-state index >= 15 is 0 Å². The van der Waals surface area contributed by atoms with E-state index < -0.39 is 0 Å². The van der Waals surface area contributed by atoms with Gasteiger partial charge in [0.05, 0.1) is 12.2 Å². The molecule has 11 fully saturated rings. The van der Waals surface area contributed by atoms with Gasteiger partial charge in [-0.3, -0.25) is 4.90 Å². The Morgan fingerprint density at radius 1 is 0.346 bits per heavy atom. The molecule has 0 aromatic rings. The molecule has 8 aliphatic carbocycles. The van der Waals surface area contributed by atoms with E-state index in [2.05, 4.69) is 28.4 Å². The number of ether oxygens (including phenoxy) is 1. The molecule has 3 saturated heterocycles. The molecule has 8 saturated carbocycles. The summed E-state index contributed by atoms with van der Waals surface area (Å²) in [4.78, 5) is 3.44. The quantitative estimate of drug-likeness (QED) is 0.277. The van der Waals surface area contributed by atoms with Crippen molar-refractivity contribution in [3.05, 3.63) is 0 Å². The van der Waals surface area contributed by atoms with Gasteiger partial charge < -0.3 is 4.74 Å². The van der Waals surface area contributed by atoms with Crippen molar-refractivity contribution in [3.63, 3.8) is 0 Å². The van der Waals surface area contributed by atoms with Crippen molar-refractivity contribution in [1.82, 2.24) is 4.90 Å². The Morgan fingerprint density at radius 2 is 0.942 bits per heavy atom. The summed E-state index contributed by atoms with van der Waals surface area (Å²) in [5.74, 6) is 9.92. The highest BCUT2D eigenvalue weighted by Gasteiger charge is 2.61. The van der Waals surface area contributed by atoms with Crippen LogP contribution in [0.2, 0.25) is 0 Å². The van der Waals surface area contributed by atoms with E-state index in [0.29, 0.717) is 12.2 Å². The number of hydrogen-bond acceptors (Lipinski definition) is 4. The highest BCUT2D eigenvalue weighted by Crippen LogP contribution is 2.65. The van der Waals surface area contributed by atoms with Gasteiger partial charge in [-0.1, -0.05) is 96.3 Å². The first-order valence-corrected chi connectivity index (χ1v) is 26.4. The van der Waals surface area contributed by atoms with Crippen LogP contribution in [0.1, 0.15) is 186 Å². The molecule has 0 aromatic carbocycles. The molecule has 0 spiro atoms. The summed E-state index contributed by atoms with van der Waals surface area (Å²) in [6.07, 6.45) is 45.3. The van der Waals surface area contributed by atoms with E-state index in [9.17, 15) is 0 Å². The van der Waals surface area contributed by atoms with Gasteiger partial charge in [-0.05, 0) is 149 Å². The number of rotatable bonds is 5. The fraction of sp³-hybridized carbons (Fsp3) is 1.00. The van der Waals surface area contributed by atoms with Crippen LogP contribution in [0.25, 0.3) is 0 Å². The second-order valence-corrected chi connectivity index (χ2v) is 24.3. The van der Waals surface area contributed by atoms with Crippen molar-refractivity contribution in [2.24, 2.45) is 59.2 Å². The Bertz CT molecular complexity index is 1210. The largest absolute Gasteiger partial charge is 0.372 e. The normalized spacial score (nSPS) is 52.7. The third-order valence-electron chi connectivity index (χ3n) is 19.4. The smallest absolute Gasteiger partial charge is 0.0766 e. The lowest BCUT2D eigenvalue weighted by Gasteiger charge is -2.53. The highest BCUT2D eigenvalue weighted by atomic mass is 32.2. The Balaban J connectivity index is 0.889. The molecule has 3 heterocycles. The van der Waals surface area contributed by atoms with Crippen LogP contribution in [-0.2, 0) is 4.74 Å². The van der Waals surface area contributed by atoms with Gasteiger partial charge in [-0.2, -0.15) is 23.5 Å². The minimum atomic E-state index is 0.552. The van der Waals surface area contributed by atoms with Crippen LogP contribution in [0.4, 0.5) is 0 Å². The molecule has 15 unspecified atom stereocenters. The fourth-order valence-corrected chi connectivity index (χ4v) is 22.0. The van der Waals surface area contributed by atoms with Crippen molar-refractivity contribution in [2.75, 3.05) is 0 Å². The van der Waals surface area contributed by atoms with Gasteiger partial charge in [0.1, 0.15) is 0 Å². The summed E-state index contributed by atoms with van der Waals surface area (Å²) in [6, 6.07) is 2.40. The second kappa shape index (κ2) is 15.4. The first-order chi connectivity index (χ1) is 25.8. The monoisotopic (exact) mass is 748 g/mol. The third-order valence-corrected chi connectivity index (χ3v) is 23.2. The van der Waals surface area contributed by atoms with Gasteiger partial charge in [0.25, 0.3) is 0 Å². The molecule has 0 aromatic heterocycles. The van der Waals surface area contributed by atoms with Crippen LogP contribution in [-0.4, -0.2) is 56.2 Å². The first kappa shape index (κ1) is 35.8. The maximum atomic E-state index is 7.80. The average Bonchev–Trinajstić information content (AvgIpc) is 3.91. The van der Waals surface area contributed by atoms with E-state index in [-0.39, 0.29) is 0 Å². The molecule has 4 heteroatoms. The third kappa shape index (κ3) is 6.30. The van der Waals surface area contributed by atoms with Crippen molar-refractivity contribution in [2.45, 2.75) is 238 Å². The Kier molecular flexibility index (Phi) is 10.6. The van der Waals surface area contributed by atoms with Gasteiger partial charge in [-0.25, -0.2) is 0 Å². The molecule has 11 aliphatic rings. The minimum absolute atomic E-state index is 0.552. The summed E-state index contributed by atoms with van der Waals surface area (Å²) >= 11 is 5.18. The molecule has 0 amide bonds. The maximum absolute atomic E-state index is 7.80. The van der Waals surface area contributed by atoms with Gasteiger partial charge in [0, 0.05) is 39.1 Å². The Hall–Kier alpha value is 0.620. The van der Waals surface area contributed by atoms with E-state index in [1.807, 2.05) is 0 Å². The molecule has 2 nitrogen and oxygen atoms in total. The van der Waals surface area contributed by atoms with Crippen LogP contribution in [0, 0.1) is 59.2 Å². The summed E-state index contributed by atoms with van der Waals surface area (Å²) in [7, 11) is 0. The molecule has 0 N–H and O–H groups in total. The Labute approximate surface area is 328 Å². The maximum Gasteiger partial charge on any atom is 0.0766 e. The van der Waals surface area contributed by atoms with Crippen LogP contribution in [0.3, 0.4) is 0 Å². The van der Waals surface area contributed by atoms with E-state index in [0.717, 1.165) is 98.3 Å². The van der Waals surface area contributed by atoms with Crippen molar-refractivity contribution < 1.29 is 4.74 Å². The Morgan fingerprint density at radius 3 is 1.75 bits per heavy atom. The molecular formula is C48H77NOS2. The van der Waals surface area contributed by atoms with Gasteiger partial charge in [0.15, 0.2) is 0 Å². The van der Waals surface area contributed by atoms with Gasteiger partial charge in [-0.15, -0.1) is 0 Å². The number of hydrogen-bond donors (Lipinski definition) is 0. The predicted molar refractivity (Wildman–Crippen MR) is 221 cm³/mol. The zero-order valence-electron chi connectivity index (χ0n) is 33.1. The zero-order chi connectivity index (χ0) is 34.2. The molecule has 0 radical (unpaired) electrons. The topological polar surface area (TPSA) is 12.5 Å². The first-order valence-electron chi connectivity index (χ1n) is 24.5. The number of thioether (sulfide) groups is 2. The summed E-state index contributed by atoms with van der Waals surface area (Å²) < 4.78 is 7.80. The number of fused-ring (bicyclic) bond motifs is 10. The SMILES string of the molecule is C1CCC(C2CCC(N(C3CCCC4C5CCCC(C6CCCCC6)C5OC43)C3CCCC4C5CCC6SC7CCCCC7C6C5SC43)CC2)CC1. The van der Waals surface area contributed by atoms with Crippen molar-refractivity contribution >= 4 is 23.5 Å². The van der Waals surface area contributed by atoms with Crippen LogP contribution in [0.5, 0.6) is 0 Å². The second-order valence-electron chi connectivity index (χ2n) is 21.5. The molecule has 52 heavy (non-hydrogen) atoms. The molecule has 3 aliphatic heterocycles.